The van der Waals surface area contributed by atoms with Crippen molar-refractivity contribution in [3.8, 4) is 0 Å². The van der Waals surface area contributed by atoms with E-state index in [1.54, 1.807) is 6.07 Å². The molecule has 0 radical (unpaired) electrons. The van der Waals surface area contributed by atoms with Crippen LogP contribution >= 0.6 is 0 Å². The predicted octanol–water partition coefficient (Wildman–Crippen LogP) is 1.39. The van der Waals surface area contributed by atoms with Crippen LogP contribution in [-0.4, -0.2) is 29.1 Å². The first kappa shape index (κ1) is 14.2. The zero-order valence-electron chi connectivity index (χ0n) is 10.8. The molecule has 3 N–H and O–H groups in total. The van der Waals surface area contributed by atoms with Crippen LogP contribution < -0.4 is 10.6 Å². The van der Waals surface area contributed by atoms with Crippen LogP contribution in [0.1, 0.15) is 19.4 Å². The van der Waals surface area contributed by atoms with Crippen molar-refractivity contribution >= 4 is 17.6 Å². The van der Waals surface area contributed by atoms with Crippen molar-refractivity contribution in [2.45, 2.75) is 26.3 Å². The second-order valence-corrected chi connectivity index (χ2v) is 4.70. The Morgan fingerprint density at radius 3 is 2.56 bits per heavy atom. The van der Waals surface area contributed by atoms with Gasteiger partial charge in [0.25, 0.3) is 0 Å². The number of hydrogen-bond acceptors (Lipinski definition) is 3. The van der Waals surface area contributed by atoms with E-state index < -0.39 is 11.5 Å². The molecule has 1 aromatic rings. The van der Waals surface area contributed by atoms with Crippen molar-refractivity contribution in [3.05, 3.63) is 29.8 Å². The number of hydrogen-bond donors (Lipinski definition) is 3. The lowest BCUT2D eigenvalue weighted by Crippen LogP contribution is -2.49. The van der Waals surface area contributed by atoms with Crippen LogP contribution in [0.15, 0.2) is 24.3 Å². The number of anilines is 1. The van der Waals surface area contributed by atoms with Gasteiger partial charge in [-0.15, -0.1) is 0 Å². The maximum atomic E-state index is 11.6. The Bertz CT molecular complexity index is 455. The van der Waals surface area contributed by atoms with Crippen LogP contribution in [0.4, 0.5) is 5.69 Å². The molecular weight excluding hydrogens is 232 g/mol. The highest BCUT2D eigenvalue weighted by molar-refractivity contribution is 5.92. The van der Waals surface area contributed by atoms with Gasteiger partial charge >= 0.3 is 5.97 Å². The quantitative estimate of drug-likeness (QED) is 0.738. The van der Waals surface area contributed by atoms with E-state index in [2.05, 4.69) is 10.6 Å². The molecule has 0 fully saturated rings. The Kier molecular flexibility index (Phi) is 4.44. The van der Waals surface area contributed by atoms with Gasteiger partial charge in [-0.2, -0.15) is 0 Å². The summed E-state index contributed by atoms with van der Waals surface area (Å²) in [6.07, 6.45) is 0. The summed E-state index contributed by atoms with van der Waals surface area (Å²) in [5.41, 5.74) is 0.630. The molecule has 0 spiro atoms. The molecule has 18 heavy (non-hydrogen) atoms. The molecule has 1 aromatic carbocycles. The molecule has 0 aromatic heterocycles. The van der Waals surface area contributed by atoms with Gasteiger partial charge in [-0.3, -0.25) is 14.9 Å². The van der Waals surface area contributed by atoms with Gasteiger partial charge in [-0.05, 0) is 38.5 Å². The van der Waals surface area contributed by atoms with Crippen molar-refractivity contribution in [1.82, 2.24) is 5.32 Å². The molecule has 1 amide bonds. The Morgan fingerprint density at radius 2 is 2.00 bits per heavy atom. The lowest BCUT2D eigenvalue weighted by molar-refractivity contribution is -0.143. The number of aryl methyl sites for hydroxylation is 1. The highest BCUT2D eigenvalue weighted by Gasteiger charge is 2.26. The van der Waals surface area contributed by atoms with Crippen molar-refractivity contribution in [3.63, 3.8) is 0 Å². The molecule has 5 heteroatoms. The Labute approximate surface area is 106 Å². The summed E-state index contributed by atoms with van der Waals surface area (Å²) in [5.74, 6) is -1.26. The van der Waals surface area contributed by atoms with Gasteiger partial charge in [-0.25, -0.2) is 0 Å². The molecule has 0 aliphatic rings. The van der Waals surface area contributed by atoms with E-state index in [4.69, 9.17) is 5.11 Å². The molecule has 0 atom stereocenters. The van der Waals surface area contributed by atoms with E-state index in [1.165, 1.54) is 13.8 Å². The van der Waals surface area contributed by atoms with E-state index in [9.17, 15) is 9.59 Å². The van der Waals surface area contributed by atoms with Gasteiger partial charge in [0.1, 0.15) is 5.54 Å². The Balaban J connectivity index is 2.50. The standard InChI is InChI=1S/C13H18N2O3/c1-9-5-4-6-10(7-9)15-11(16)8-14-13(2,3)12(17)18/h4-7,14H,8H2,1-3H3,(H,15,16)(H,17,18). The summed E-state index contributed by atoms with van der Waals surface area (Å²) in [6, 6.07) is 7.41. The van der Waals surface area contributed by atoms with E-state index in [1.807, 2.05) is 25.1 Å². The number of carboxylic acid groups (broad SMARTS) is 1. The van der Waals surface area contributed by atoms with Crippen LogP contribution in [0.5, 0.6) is 0 Å². The summed E-state index contributed by atoms with van der Waals surface area (Å²) in [6.45, 7) is 4.90. The summed E-state index contributed by atoms with van der Waals surface area (Å²) < 4.78 is 0. The van der Waals surface area contributed by atoms with Crippen molar-refractivity contribution in [2.24, 2.45) is 0 Å². The van der Waals surface area contributed by atoms with Crippen molar-refractivity contribution in [2.75, 3.05) is 11.9 Å². The molecule has 1 rings (SSSR count). The third kappa shape index (κ3) is 4.18. The fourth-order valence-corrected chi connectivity index (χ4v) is 1.30. The summed E-state index contributed by atoms with van der Waals surface area (Å²) in [4.78, 5) is 22.5. The van der Waals surface area contributed by atoms with Gasteiger partial charge in [-0.1, -0.05) is 12.1 Å². The van der Waals surface area contributed by atoms with Crippen molar-refractivity contribution in [1.29, 1.82) is 0 Å². The lowest BCUT2D eigenvalue weighted by atomic mass is 10.1. The van der Waals surface area contributed by atoms with Gasteiger partial charge in [0.2, 0.25) is 5.91 Å². The molecule has 0 aliphatic heterocycles. The molecular formula is C13H18N2O3. The maximum absolute atomic E-state index is 11.6. The second-order valence-electron chi connectivity index (χ2n) is 4.70. The normalized spacial score (nSPS) is 11.1. The van der Waals surface area contributed by atoms with E-state index >= 15 is 0 Å². The number of carbonyl (C=O) groups excluding carboxylic acids is 1. The first-order chi connectivity index (χ1) is 8.31. The molecule has 5 nitrogen and oxygen atoms in total. The average Bonchev–Trinajstić information content (AvgIpc) is 2.26. The maximum Gasteiger partial charge on any atom is 0.323 e. The van der Waals surface area contributed by atoms with E-state index in [-0.39, 0.29) is 12.5 Å². The Hall–Kier alpha value is -1.88. The third-order valence-electron chi connectivity index (χ3n) is 2.53. The number of benzene rings is 1. The topological polar surface area (TPSA) is 78.4 Å². The van der Waals surface area contributed by atoms with Crippen LogP contribution in [-0.2, 0) is 9.59 Å². The highest BCUT2D eigenvalue weighted by atomic mass is 16.4. The fraction of sp³-hybridized carbons (Fsp3) is 0.385. The van der Waals surface area contributed by atoms with Gasteiger partial charge in [0.15, 0.2) is 0 Å². The number of amides is 1. The summed E-state index contributed by atoms with van der Waals surface area (Å²) >= 11 is 0. The average molecular weight is 250 g/mol. The smallest absolute Gasteiger partial charge is 0.323 e. The zero-order valence-corrected chi connectivity index (χ0v) is 10.8. The number of carboxylic acids is 1. The zero-order chi connectivity index (χ0) is 13.8. The van der Waals surface area contributed by atoms with Crippen LogP contribution in [0.3, 0.4) is 0 Å². The number of aliphatic carboxylic acids is 1. The SMILES string of the molecule is Cc1cccc(NC(=O)CNC(C)(C)C(=O)O)c1. The van der Waals surface area contributed by atoms with Crippen LogP contribution in [0, 0.1) is 6.92 Å². The summed E-state index contributed by atoms with van der Waals surface area (Å²) in [5, 5.41) is 14.3. The lowest BCUT2D eigenvalue weighted by Gasteiger charge is -2.20. The summed E-state index contributed by atoms with van der Waals surface area (Å²) in [7, 11) is 0. The fourth-order valence-electron chi connectivity index (χ4n) is 1.30. The highest BCUT2D eigenvalue weighted by Crippen LogP contribution is 2.09. The van der Waals surface area contributed by atoms with Crippen molar-refractivity contribution < 1.29 is 14.7 Å². The first-order valence-electron chi connectivity index (χ1n) is 5.66. The molecule has 0 unspecified atom stereocenters. The monoisotopic (exact) mass is 250 g/mol. The molecule has 0 bridgehead atoms. The minimum Gasteiger partial charge on any atom is -0.480 e. The van der Waals surface area contributed by atoms with Crippen LogP contribution in [0.2, 0.25) is 0 Å². The Morgan fingerprint density at radius 1 is 1.33 bits per heavy atom. The minimum absolute atomic E-state index is 0.0484. The van der Waals surface area contributed by atoms with Gasteiger partial charge in [0.05, 0.1) is 6.54 Å². The number of carbonyl (C=O) groups is 2. The van der Waals surface area contributed by atoms with Crippen LogP contribution in [0.25, 0.3) is 0 Å². The first-order valence-corrected chi connectivity index (χ1v) is 5.66. The largest absolute Gasteiger partial charge is 0.480 e. The number of nitrogens with one attached hydrogen (secondary N) is 2. The van der Waals surface area contributed by atoms with E-state index in [0.29, 0.717) is 5.69 Å². The predicted molar refractivity (Wildman–Crippen MR) is 69.5 cm³/mol. The molecule has 0 saturated heterocycles. The van der Waals surface area contributed by atoms with Gasteiger partial charge < -0.3 is 10.4 Å². The van der Waals surface area contributed by atoms with E-state index in [0.717, 1.165) is 5.56 Å². The molecule has 98 valence electrons. The molecule has 0 heterocycles. The third-order valence-corrected chi connectivity index (χ3v) is 2.53. The minimum atomic E-state index is -1.12. The molecule has 0 aliphatic carbocycles. The number of rotatable bonds is 5. The second kappa shape index (κ2) is 5.64. The van der Waals surface area contributed by atoms with Gasteiger partial charge in [0, 0.05) is 5.69 Å². The molecule has 0 saturated carbocycles.